The van der Waals surface area contributed by atoms with Crippen molar-refractivity contribution in [2.24, 2.45) is 5.84 Å². The molecule has 0 radical (unpaired) electrons. The molecule has 0 unspecified atom stereocenters. The summed E-state index contributed by atoms with van der Waals surface area (Å²) in [6.07, 6.45) is 1.96. The van der Waals surface area contributed by atoms with Gasteiger partial charge in [0.1, 0.15) is 23.7 Å². The quantitative estimate of drug-likeness (QED) is 0.667. The first-order valence-electron chi connectivity index (χ1n) is 5.58. The van der Waals surface area contributed by atoms with E-state index < -0.39 is 5.82 Å². The summed E-state index contributed by atoms with van der Waals surface area (Å²) < 4.78 is 19.5. The highest BCUT2D eigenvalue weighted by Gasteiger charge is 2.11. The van der Waals surface area contributed by atoms with Gasteiger partial charge in [-0.15, -0.1) is 0 Å². The fourth-order valence-electron chi connectivity index (χ4n) is 1.63. The number of nitrogen functional groups attached to an aromatic ring is 1. The lowest BCUT2D eigenvalue weighted by molar-refractivity contribution is 0.450. The molecule has 0 bridgehead atoms. The predicted molar refractivity (Wildman–Crippen MR) is 73.4 cm³/mol. The molecule has 0 aliphatic carbocycles. The van der Waals surface area contributed by atoms with Crippen molar-refractivity contribution in [2.75, 3.05) is 5.43 Å². The van der Waals surface area contributed by atoms with Gasteiger partial charge in [-0.25, -0.2) is 20.2 Å². The van der Waals surface area contributed by atoms with Crippen LogP contribution in [0.4, 0.5) is 10.2 Å². The van der Waals surface area contributed by atoms with Crippen molar-refractivity contribution in [2.45, 2.75) is 13.3 Å². The summed E-state index contributed by atoms with van der Waals surface area (Å²) in [6, 6.07) is 4.28. The number of rotatable bonds is 4. The van der Waals surface area contributed by atoms with Crippen molar-refractivity contribution in [3.63, 3.8) is 0 Å². The van der Waals surface area contributed by atoms with Gasteiger partial charge in [0.2, 0.25) is 5.88 Å². The number of ether oxygens (including phenoxy) is 1. The lowest BCUT2D eigenvalue weighted by Crippen LogP contribution is -2.12. The molecule has 0 aliphatic rings. The molecular formula is C12H12BrFN4O. The number of nitrogens with zero attached hydrogens (tertiary/aromatic N) is 2. The molecule has 0 saturated carbocycles. The molecule has 2 aromatic rings. The van der Waals surface area contributed by atoms with Crippen LogP contribution in [0.1, 0.15) is 12.5 Å². The summed E-state index contributed by atoms with van der Waals surface area (Å²) in [6.45, 7) is 1.92. The van der Waals surface area contributed by atoms with Gasteiger partial charge in [-0.3, -0.25) is 0 Å². The van der Waals surface area contributed by atoms with E-state index >= 15 is 0 Å². The van der Waals surface area contributed by atoms with E-state index in [1.54, 1.807) is 6.07 Å². The number of nitrogens with one attached hydrogen (secondary N) is 1. The van der Waals surface area contributed by atoms with Crippen molar-refractivity contribution in [1.82, 2.24) is 9.97 Å². The van der Waals surface area contributed by atoms with Gasteiger partial charge >= 0.3 is 0 Å². The Kier molecular flexibility index (Phi) is 4.28. The minimum absolute atomic E-state index is 0.350. The molecule has 1 heterocycles. The standard InChI is InChI=1S/C12H12BrFN4O/c1-2-10-11(18-15)16-6-17-12(10)19-9-4-7(13)3-8(14)5-9/h3-6H,2,15H2,1H3,(H,16,17,18). The molecule has 1 aromatic carbocycles. The molecule has 0 atom stereocenters. The first-order chi connectivity index (χ1) is 9.13. The minimum atomic E-state index is -0.395. The number of hydrazine groups is 1. The smallest absolute Gasteiger partial charge is 0.227 e. The van der Waals surface area contributed by atoms with E-state index in [1.165, 1.54) is 18.5 Å². The van der Waals surface area contributed by atoms with Crippen molar-refractivity contribution in [1.29, 1.82) is 0 Å². The van der Waals surface area contributed by atoms with Gasteiger partial charge in [0.05, 0.1) is 5.56 Å². The summed E-state index contributed by atoms with van der Waals surface area (Å²) in [4.78, 5) is 8.04. The zero-order valence-corrected chi connectivity index (χ0v) is 11.7. The van der Waals surface area contributed by atoms with E-state index in [2.05, 4.69) is 31.3 Å². The fraction of sp³-hybridized carbons (Fsp3) is 0.167. The Morgan fingerprint density at radius 3 is 2.79 bits per heavy atom. The summed E-state index contributed by atoms with van der Waals surface area (Å²) in [5.41, 5.74) is 3.21. The minimum Gasteiger partial charge on any atom is -0.438 e. The molecule has 19 heavy (non-hydrogen) atoms. The number of aromatic nitrogens is 2. The largest absolute Gasteiger partial charge is 0.438 e. The van der Waals surface area contributed by atoms with E-state index in [1.807, 2.05) is 6.92 Å². The van der Waals surface area contributed by atoms with Crippen LogP contribution in [0.2, 0.25) is 0 Å². The Balaban J connectivity index is 2.37. The summed E-state index contributed by atoms with van der Waals surface area (Å²) in [7, 11) is 0. The lowest BCUT2D eigenvalue weighted by atomic mass is 10.2. The van der Waals surface area contributed by atoms with Crippen molar-refractivity contribution in [3.8, 4) is 11.6 Å². The summed E-state index contributed by atoms with van der Waals surface area (Å²) >= 11 is 3.20. The molecule has 0 saturated heterocycles. The van der Waals surface area contributed by atoms with E-state index in [-0.39, 0.29) is 0 Å². The molecule has 100 valence electrons. The maximum absolute atomic E-state index is 13.3. The highest BCUT2D eigenvalue weighted by molar-refractivity contribution is 9.10. The number of benzene rings is 1. The Morgan fingerprint density at radius 1 is 1.37 bits per heavy atom. The molecule has 7 heteroatoms. The summed E-state index contributed by atoms with van der Waals surface area (Å²) in [5, 5.41) is 0. The molecule has 3 N–H and O–H groups in total. The third kappa shape index (κ3) is 3.18. The Morgan fingerprint density at radius 2 is 2.16 bits per heavy atom. The summed E-state index contributed by atoms with van der Waals surface area (Å²) in [5.74, 6) is 6.17. The second-order valence-electron chi connectivity index (χ2n) is 3.71. The van der Waals surface area contributed by atoms with Crippen LogP contribution in [0.15, 0.2) is 29.0 Å². The average molecular weight is 327 g/mol. The van der Waals surface area contributed by atoms with Crippen LogP contribution in [-0.4, -0.2) is 9.97 Å². The molecule has 0 fully saturated rings. The van der Waals surface area contributed by atoms with Gasteiger partial charge in [0.15, 0.2) is 0 Å². The zero-order chi connectivity index (χ0) is 13.8. The highest BCUT2D eigenvalue weighted by Crippen LogP contribution is 2.29. The normalized spacial score (nSPS) is 10.3. The molecule has 0 spiro atoms. The topological polar surface area (TPSA) is 73.1 Å². The SMILES string of the molecule is CCc1c(NN)ncnc1Oc1cc(F)cc(Br)c1. The van der Waals surface area contributed by atoms with Gasteiger partial charge in [-0.05, 0) is 18.6 Å². The van der Waals surface area contributed by atoms with Crippen LogP contribution in [0.3, 0.4) is 0 Å². The number of hydrogen-bond acceptors (Lipinski definition) is 5. The van der Waals surface area contributed by atoms with Crippen molar-refractivity contribution >= 4 is 21.7 Å². The first kappa shape index (κ1) is 13.7. The maximum Gasteiger partial charge on any atom is 0.227 e. The molecular weight excluding hydrogens is 315 g/mol. The number of halogens is 2. The maximum atomic E-state index is 13.3. The number of hydrogen-bond donors (Lipinski definition) is 2. The van der Waals surface area contributed by atoms with Crippen LogP contribution in [0, 0.1) is 5.82 Å². The fourth-order valence-corrected chi connectivity index (χ4v) is 2.07. The van der Waals surface area contributed by atoms with Crippen LogP contribution in [-0.2, 0) is 6.42 Å². The second kappa shape index (κ2) is 5.94. The number of anilines is 1. The third-order valence-electron chi connectivity index (χ3n) is 2.45. The zero-order valence-electron chi connectivity index (χ0n) is 10.2. The van der Waals surface area contributed by atoms with Crippen LogP contribution < -0.4 is 16.0 Å². The number of nitrogens with two attached hydrogens (primary N) is 1. The van der Waals surface area contributed by atoms with E-state index in [0.29, 0.717) is 28.3 Å². The molecule has 5 nitrogen and oxygen atoms in total. The molecule has 0 aliphatic heterocycles. The van der Waals surface area contributed by atoms with E-state index in [0.717, 1.165) is 5.56 Å². The van der Waals surface area contributed by atoms with Crippen molar-refractivity contribution < 1.29 is 9.13 Å². The molecule has 2 rings (SSSR count). The Hall–Kier alpha value is -1.73. The van der Waals surface area contributed by atoms with Crippen LogP contribution in [0.5, 0.6) is 11.6 Å². The monoisotopic (exact) mass is 326 g/mol. The Bertz CT molecular complexity index is 574. The van der Waals surface area contributed by atoms with E-state index in [4.69, 9.17) is 10.6 Å². The molecule has 0 amide bonds. The third-order valence-corrected chi connectivity index (χ3v) is 2.90. The van der Waals surface area contributed by atoms with Gasteiger partial charge in [-0.2, -0.15) is 0 Å². The first-order valence-corrected chi connectivity index (χ1v) is 6.37. The van der Waals surface area contributed by atoms with Crippen molar-refractivity contribution in [3.05, 3.63) is 40.4 Å². The van der Waals surface area contributed by atoms with Crippen LogP contribution in [0.25, 0.3) is 0 Å². The lowest BCUT2D eigenvalue weighted by Gasteiger charge is -2.11. The molecule has 1 aromatic heterocycles. The average Bonchev–Trinajstić information content (AvgIpc) is 2.37. The van der Waals surface area contributed by atoms with Gasteiger partial charge in [0, 0.05) is 10.5 Å². The van der Waals surface area contributed by atoms with E-state index in [9.17, 15) is 4.39 Å². The highest BCUT2D eigenvalue weighted by atomic mass is 79.9. The second-order valence-corrected chi connectivity index (χ2v) is 4.63. The van der Waals surface area contributed by atoms with Gasteiger partial charge in [0.25, 0.3) is 0 Å². The van der Waals surface area contributed by atoms with Crippen LogP contribution >= 0.6 is 15.9 Å². The van der Waals surface area contributed by atoms with Gasteiger partial charge < -0.3 is 10.2 Å². The predicted octanol–water partition coefficient (Wildman–Crippen LogP) is 3.02. The van der Waals surface area contributed by atoms with Gasteiger partial charge in [-0.1, -0.05) is 22.9 Å². The Labute approximate surface area is 118 Å².